The number of hydrogen-bond acceptors (Lipinski definition) is 3. The Bertz CT molecular complexity index is 4000. The number of aromatic nitrogens is 3. The molecule has 5 heterocycles. The Morgan fingerprint density at radius 1 is 0.521 bits per heavy atom. The molecule has 0 radical (unpaired) electrons. The first-order chi connectivity index (χ1) is 35.0. The Balaban J connectivity index is 1.26. The van der Waals surface area contributed by atoms with Crippen molar-refractivity contribution in [3.8, 4) is 50.6 Å². The second-order valence-corrected chi connectivity index (χ2v) is 23.7. The van der Waals surface area contributed by atoms with E-state index in [1.165, 1.54) is 50.1 Å². The van der Waals surface area contributed by atoms with E-state index in [1.54, 1.807) is 0 Å². The Morgan fingerprint density at radius 3 is 1.71 bits per heavy atom. The lowest BCUT2D eigenvalue weighted by Crippen LogP contribution is -2.56. The number of furan rings is 1. The van der Waals surface area contributed by atoms with E-state index in [0.29, 0.717) is 0 Å². The van der Waals surface area contributed by atoms with Gasteiger partial charge in [0.15, 0.2) is 0 Å². The molecule has 2 aliphatic heterocycles. The summed E-state index contributed by atoms with van der Waals surface area (Å²) in [5, 5.41) is 2.23. The third kappa shape index (κ3) is 6.79. The van der Waals surface area contributed by atoms with Crippen molar-refractivity contribution in [3.05, 3.63) is 198 Å². The molecule has 0 amide bonds. The van der Waals surface area contributed by atoms with Crippen LogP contribution in [0.2, 0.25) is 0 Å². The number of benzene rings is 8. The van der Waals surface area contributed by atoms with Gasteiger partial charge in [-0.25, -0.2) is 4.98 Å². The highest BCUT2D eigenvalue weighted by Crippen LogP contribution is 2.54. The lowest BCUT2D eigenvalue weighted by molar-refractivity contribution is 0.590. The number of para-hydroxylation sites is 1. The average molecular weight is 949 g/mol. The molecule has 3 aromatic heterocycles. The van der Waals surface area contributed by atoms with E-state index in [0.717, 1.165) is 89.4 Å². The molecule has 0 bridgehead atoms. The summed E-state index contributed by atoms with van der Waals surface area (Å²) in [6.45, 7) is 24.9. The normalized spacial score (nSPS) is 13.4. The van der Waals surface area contributed by atoms with E-state index < -0.39 is 0 Å². The zero-order valence-corrected chi connectivity index (χ0v) is 43.9. The number of imidazole rings is 1. The van der Waals surface area contributed by atoms with E-state index >= 15 is 0 Å². The monoisotopic (exact) mass is 948 g/mol. The molecule has 0 aliphatic carbocycles. The maximum Gasteiger partial charge on any atom is 0.376 e. The highest BCUT2D eigenvalue weighted by molar-refractivity contribution is 6.89. The van der Waals surface area contributed by atoms with Crippen LogP contribution in [0.5, 0.6) is 0 Å². The summed E-state index contributed by atoms with van der Waals surface area (Å²) in [5.41, 5.74) is 24.9. The Labute approximate surface area is 429 Å². The smallest absolute Gasteiger partial charge is 0.376 e. The van der Waals surface area contributed by atoms with Crippen molar-refractivity contribution in [2.75, 3.05) is 4.90 Å². The van der Waals surface area contributed by atoms with Crippen LogP contribution in [0.1, 0.15) is 90.1 Å². The van der Waals surface area contributed by atoms with E-state index in [9.17, 15) is 0 Å². The SMILES string of the molecule is Cc1cccc(C)c1-c1nc2c3c(-c4ccccc4)c(-c4ccccc4)n4c3c(cc2n1-c1ccc(C(C)(C)C)cc1)-c1cc(C(C)(C)C)cc2c1B4c1oc3ccccc3c1N2c1ccc(C(C)(C)C)cc1. The van der Waals surface area contributed by atoms with Crippen LogP contribution in [0.25, 0.3) is 83.5 Å². The van der Waals surface area contributed by atoms with Gasteiger partial charge in [-0.3, -0.25) is 4.57 Å². The highest BCUT2D eigenvalue weighted by Gasteiger charge is 2.48. The molecule has 73 heavy (non-hydrogen) atoms. The van der Waals surface area contributed by atoms with Gasteiger partial charge in [0.1, 0.15) is 17.1 Å². The number of hydrogen-bond donors (Lipinski definition) is 0. The van der Waals surface area contributed by atoms with Crippen LogP contribution in [0.3, 0.4) is 0 Å². The number of anilines is 3. The predicted molar refractivity (Wildman–Crippen MR) is 309 cm³/mol. The lowest BCUT2D eigenvalue weighted by atomic mass is 9.47. The number of aryl methyl sites for hydroxylation is 2. The first-order valence-corrected chi connectivity index (χ1v) is 26.0. The molecule has 13 rings (SSSR count). The third-order valence-corrected chi connectivity index (χ3v) is 15.8. The average Bonchev–Trinajstić information content (AvgIpc) is 4.05. The van der Waals surface area contributed by atoms with Gasteiger partial charge in [0.25, 0.3) is 0 Å². The lowest BCUT2D eigenvalue weighted by Gasteiger charge is -2.40. The van der Waals surface area contributed by atoms with Crippen molar-refractivity contribution in [1.82, 2.24) is 14.0 Å². The fraction of sp³-hybridized carbons (Fsp3) is 0.209. The van der Waals surface area contributed by atoms with E-state index in [-0.39, 0.29) is 23.1 Å². The number of fused-ring (bicyclic) bond motifs is 8. The summed E-state index contributed by atoms with van der Waals surface area (Å²) in [6, 6.07) is 63.3. The summed E-state index contributed by atoms with van der Waals surface area (Å²) < 4.78 is 12.5. The standard InChI is InChI=1S/C67H61BN4O/c1-40-21-20-22-41(2)55(40)64-69-59-53(71(64)48-35-31-45(32-36-48)66(6,7)8)39-51-50-37-46(67(9,10)11)38-52-58(50)68(72-60(43-25-16-13-17-26-43)56(57(59)61(51)72)42-23-14-12-15-24-42)63-62(49-27-18-19-28-54(49)73-63)70(52)47-33-29-44(30-34-47)65(3,4)5/h12-39H,1-11H3. The minimum Gasteiger partial charge on any atom is -0.466 e. The molecule has 0 spiro atoms. The third-order valence-electron chi connectivity index (χ3n) is 15.8. The van der Waals surface area contributed by atoms with Crippen LogP contribution in [0.15, 0.2) is 174 Å². The van der Waals surface area contributed by atoms with Gasteiger partial charge in [0.2, 0.25) is 0 Å². The Hall–Kier alpha value is -7.83. The second kappa shape index (κ2) is 15.8. The second-order valence-electron chi connectivity index (χ2n) is 23.7. The van der Waals surface area contributed by atoms with E-state index in [2.05, 4.69) is 260 Å². The van der Waals surface area contributed by atoms with Gasteiger partial charge in [-0.15, -0.1) is 0 Å². The van der Waals surface area contributed by atoms with Crippen molar-refractivity contribution in [2.24, 2.45) is 0 Å². The summed E-state index contributed by atoms with van der Waals surface area (Å²) in [6.07, 6.45) is 0. The molecule has 0 saturated heterocycles. The molecular formula is C67H61BN4O. The van der Waals surface area contributed by atoms with Crippen LogP contribution >= 0.6 is 0 Å². The summed E-state index contributed by atoms with van der Waals surface area (Å²) in [5.74, 6) is 0.939. The molecule has 2 aliphatic rings. The first-order valence-electron chi connectivity index (χ1n) is 26.0. The minimum absolute atomic E-state index is 0.00142. The Morgan fingerprint density at radius 2 is 1.10 bits per heavy atom. The molecule has 358 valence electrons. The summed E-state index contributed by atoms with van der Waals surface area (Å²) in [4.78, 5) is 8.50. The fourth-order valence-electron chi connectivity index (χ4n) is 12.1. The van der Waals surface area contributed by atoms with Gasteiger partial charge in [-0.1, -0.05) is 184 Å². The molecule has 5 nitrogen and oxygen atoms in total. The van der Waals surface area contributed by atoms with Gasteiger partial charge in [0, 0.05) is 55.7 Å². The van der Waals surface area contributed by atoms with Crippen molar-refractivity contribution in [1.29, 1.82) is 0 Å². The van der Waals surface area contributed by atoms with Gasteiger partial charge in [-0.05, 0) is 129 Å². The van der Waals surface area contributed by atoms with Gasteiger partial charge in [-0.2, -0.15) is 0 Å². The molecule has 6 heteroatoms. The topological polar surface area (TPSA) is 39.1 Å². The molecule has 0 unspecified atom stereocenters. The van der Waals surface area contributed by atoms with Crippen LogP contribution in [-0.4, -0.2) is 20.9 Å². The molecule has 0 fully saturated rings. The zero-order valence-electron chi connectivity index (χ0n) is 43.9. The number of nitrogens with zero attached hydrogens (tertiary/aromatic N) is 4. The maximum atomic E-state index is 7.42. The highest BCUT2D eigenvalue weighted by atomic mass is 16.3. The van der Waals surface area contributed by atoms with Crippen molar-refractivity contribution in [3.63, 3.8) is 0 Å². The van der Waals surface area contributed by atoms with Crippen LogP contribution in [0, 0.1) is 13.8 Å². The van der Waals surface area contributed by atoms with Gasteiger partial charge in [0.05, 0.1) is 16.7 Å². The summed E-state index contributed by atoms with van der Waals surface area (Å²) >= 11 is 0. The van der Waals surface area contributed by atoms with Crippen LogP contribution < -0.4 is 16.0 Å². The molecular weight excluding hydrogens is 888 g/mol. The maximum absolute atomic E-state index is 7.42. The molecule has 0 saturated carbocycles. The van der Waals surface area contributed by atoms with Gasteiger partial charge >= 0.3 is 6.85 Å². The van der Waals surface area contributed by atoms with Crippen molar-refractivity contribution in [2.45, 2.75) is 92.4 Å². The van der Waals surface area contributed by atoms with E-state index in [1.807, 2.05) is 0 Å². The zero-order chi connectivity index (χ0) is 50.5. The van der Waals surface area contributed by atoms with Crippen molar-refractivity contribution < 1.29 is 4.42 Å². The largest absolute Gasteiger partial charge is 0.466 e. The molecule has 0 N–H and O–H groups in total. The summed E-state index contributed by atoms with van der Waals surface area (Å²) in [7, 11) is 0. The molecule has 11 aromatic rings. The molecule has 8 aromatic carbocycles. The first kappa shape index (κ1) is 45.1. The minimum atomic E-state index is -0.322. The number of rotatable bonds is 5. The van der Waals surface area contributed by atoms with Crippen molar-refractivity contribution >= 4 is 67.9 Å². The Kier molecular flexibility index (Phi) is 9.78. The molecule has 0 atom stereocenters. The van der Waals surface area contributed by atoms with Crippen LogP contribution in [0.4, 0.5) is 17.1 Å². The fourth-order valence-corrected chi connectivity index (χ4v) is 12.1. The van der Waals surface area contributed by atoms with Gasteiger partial charge < -0.3 is 13.8 Å². The quantitative estimate of drug-likeness (QED) is 0.161. The van der Waals surface area contributed by atoms with E-state index in [4.69, 9.17) is 9.40 Å². The van der Waals surface area contributed by atoms with Crippen LogP contribution in [-0.2, 0) is 16.2 Å². The predicted octanol–water partition coefficient (Wildman–Crippen LogP) is 16.7.